The molecule has 2 heterocycles. The average molecular weight is 264 g/mol. The molecule has 2 rings (SSSR count). The Bertz CT molecular complexity index is 442. The Morgan fingerprint density at radius 3 is 2.58 bits per heavy atom. The fourth-order valence-corrected chi connectivity index (χ4v) is 2.09. The molecule has 1 amide bonds. The molecule has 0 N–H and O–H groups in total. The van der Waals surface area contributed by atoms with Gasteiger partial charge in [0.1, 0.15) is 0 Å². The van der Waals surface area contributed by atoms with Gasteiger partial charge in [-0.25, -0.2) is 4.98 Å². The molecule has 6 heteroatoms. The number of anilines is 1. The Morgan fingerprint density at radius 2 is 2.00 bits per heavy atom. The number of piperazine rings is 1. The van der Waals surface area contributed by atoms with Gasteiger partial charge in [0.2, 0.25) is 17.7 Å². The average Bonchev–Trinajstić information content (AvgIpc) is 2.46. The van der Waals surface area contributed by atoms with Crippen molar-refractivity contribution in [1.29, 1.82) is 0 Å². The lowest BCUT2D eigenvalue weighted by molar-refractivity contribution is -0.134. The van der Waals surface area contributed by atoms with Gasteiger partial charge in [0.15, 0.2) is 0 Å². The van der Waals surface area contributed by atoms with Crippen LogP contribution in [-0.4, -0.2) is 54.1 Å². The van der Waals surface area contributed by atoms with Crippen LogP contribution in [0.3, 0.4) is 0 Å². The van der Waals surface area contributed by atoms with Crippen LogP contribution in [0, 0.1) is 5.92 Å². The molecule has 1 fully saturated rings. The SMILES string of the molecule is COc1ccnc(N2CCN(C(=O)C(C)C)CC2)n1. The molecule has 0 unspecified atom stereocenters. The number of methoxy groups -OCH3 is 1. The second kappa shape index (κ2) is 5.86. The topological polar surface area (TPSA) is 58.6 Å². The van der Waals surface area contributed by atoms with Gasteiger partial charge in [-0.05, 0) is 0 Å². The summed E-state index contributed by atoms with van der Waals surface area (Å²) >= 11 is 0. The molecule has 1 saturated heterocycles. The van der Waals surface area contributed by atoms with E-state index in [9.17, 15) is 4.79 Å². The predicted octanol–water partition coefficient (Wildman–Crippen LogP) is 0.790. The van der Waals surface area contributed by atoms with Crippen LogP contribution in [0.4, 0.5) is 5.95 Å². The molecule has 0 aliphatic carbocycles. The second-order valence-electron chi connectivity index (χ2n) is 4.87. The van der Waals surface area contributed by atoms with E-state index in [-0.39, 0.29) is 11.8 Å². The maximum atomic E-state index is 11.9. The van der Waals surface area contributed by atoms with E-state index < -0.39 is 0 Å². The summed E-state index contributed by atoms with van der Waals surface area (Å²) in [7, 11) is 1.59. The zero-order valence-corrected chi connectivity index (χ0v) is 11.7. The van der Waals surface area contributed by atoms with Crippen molar-refractivity contribution in [2.75, 3.05) is 38.2 Å². The van der Waals surface area contributed by atoms with Crippen molar-refractivity contribution >= 4 is 11.9 Å². The summed E-state index contributed by atoms with van der Waals surface area (Å²) in [4.78, 5) is 24.4. The van der Waals surface area contributed by atoms with Crippen molar-refractivity contribution in [3.63, 3.8) is 0 Å². The van der Waals surface area contributed by atoms with Crippen LogP contribution in [-0.2, 0) is 4.79 Å². The monoisotopic (exact) mass is 264 g/mol. The molecule has 0 aromatic carbocycles. The highest BCUT2D eigenvalue weighted by molar-refractivity contribution is 5.78. The van der Waals surface area contributed by atoms with E-state index in [1.165, 1.54) is 0 Å². The van der Waals surface area contributed by atoms with Gasteiger partial charge in [0, 0.05) is 44.4 Å². The fourth-order valence-electron chi connectivity index (χ4n) is 2.09. The predicted molar refractivity (Wildman–Crippen MR) is 72.2 cm³/mol. The molecule has 1 aliphatic heterocycles. The van der Waals surface area contributed by atoms with Gasteiger partial charge < -0.3 is 14.5 Å². The van der Waals surface area contributed by atoms with Crippen LogP contribution in [0.1, 0.15) is 13.8 Å². The van der Waals surface area contributed by atoms with Crippen LogP contribution in [0.25, 0.3) is 0 Å². The summed E-state index contributed by atoms with van der Waals surface area (Å²) < 4.78 is 5.09. The summed E-state index contributed by atoms with van der Waals surface area (Å²) in [6.45, 7) is 6.81. The maximum Gasteiger partial charge on any atom is 0.228 e. The molecule has 6 nitrogen and oxygen atoms in total. The van der Waals surface area contributed by atoms with Gasteiger partial charge in [-0.15, -0.1) is 0 Å². The molecule has 0 bridgehead atoms. The first-order chi connectivity index (χ1) is 9.11. The minimum atomic E-state index is 0.0552. The van der Waals surface area contributed by atoms with Gasteiger partial charge in [-0.1, -0.05) is 13.8 Å². The first kappa shape index (κ1) is 13.6. The Morgan fingerprint density at radius 1 is 1.32 bits per heavy atom. The van der Waals surface area contributed by atoms with E-state index in [4.69, 9.17) is 4.74 Å². The van der Waals surface area contributed by atoms with E-state index in [1.807, 2.05) is 18.7 Å². The van der Waals surface area contributed by atoms with Crippen LogP contribution >= 0.6 is 0 Å². The number of ether oxygens (including phenoxy) is 1. The Labute approximate surface area is 113 Å². The van der Waals surface area contributed by atoms with Crippen molar-refractivity contribution in [2.45, 2.75) is 13.8 Å². The molecule has 0 atom stereocenters. The van der Waals surface area contributed by atoms with E-state index in [0.29, 0.717) is 11.8 Å². The first-order valence-electron chi connectivity index (χ1n) is 6.52. The van der Waals surface area contributed by atoms with Gasteiger partial charge in [0.25, 0.3) is 0 Å². The molecule has 1 aromatic heterocycles. The summed E-state index contributed by atoms with van der Waals surface area (Å²) in [5.74, 6) is 1.49. The highest BCUT2D eigenvalue weighted by Gasteiger charge is 2.24. The van der Waals surface area contributed by atoms with Gasteiger partial charge in [-0.2, -0.15) is 4.98 Å². The summed E-state index contributed by atoms with van der Waals surface area (Å²) in [5.41, 5.74) is 0. The lowest BCUT2D eigenvalue weighted by Crippen LogP contribution is -2.50. The lowest BCUT2D eigenvalue weighted by Gasteiger charge is -2.35. The molecule has 0 saturated carbocycles. The quantitative estimate of drug-likeness (QED) is 0.808. The summed E-state index contributed by atoms with van der Waals surface area (Å²) in [6.07, 6.45) is 1.69. The van der Waals surface area contributed by atoms with E-state index in [1.54, 1.807) is 19.4 Å². The Hall–Kier alpha value is -1.85. The number of rotatable bonds is 3. The minimum absolute atomic E-state index is 0.0552. The van der Waals surface area contributed by atoms with Crippen molar-refractivity contribution < 1.29 is 9.53 Å². The molecule has 1 aliphatic rings. The molecule has 0 radical (unpaired) electrons. The zero-order chi connectivity index (χ0) is 13.8. The van der Waals surface area contributed by atoms with Crippen LogP contribution in [0.2, 0.25) is 0 Å². The van der Waals surface area contributed by atoms with E-state index in [0.717, 1.165) is 26.2 Å². The maximum absolute atomic E-state index is 11.9. The second-order valence-corrected chi connectivity index (χ2v) is 4.87. The third-order valence-electron chi connectivity index (χ3n) is 3.19. The Balaban J connectivity index is 1.97. The van der Waals surface area contributed by atoms with Crippen LogP contribution in [0.5, 0.6) is 5.88 Å². The van der Waals surface area contributed by atoms with E-state index in [2.05, 4.69) is 14.9 Å². The number of carbonyl (C=O) groups excluding carboxylic acids is 1. The third kappa shape index (κ3) is 3.13. The molecule has 104 valence electrons. The number of aromatic nitrogens is 2. The Kier molecular flexibility index (Phi) is 4.19. The van der Waals surface area contributed by atoms with E-state index >= 15 is 0 Å². The number of nitrogens with zero attached hydrogens (tertiary/aromatic N) is 4. The fraction of sp³-hybridized carbons (Fsp3) is 0.615. The van der Waals surface area contributed by atoms with Crippen molar-refractivity contribution in [3.05, 3.63) is 12.3 Å². The summed E-state index contributed by atoms with van der Waals surface area (Å²) in [5, 5.41) is 0. The third-order valence-corrected chi connectivity index (χ3v) is 3.19. The molecule has 1 aromatic rings. The van der Waals surface area contributed by atoms with Crippen molar-refractivity contribution in [2.24, 2.45) is 5.92 Å². The van der Waals surface area contributed by atoms with Crippen molar-refractivity contribution in [3.8, 4) is 5.88 Å². The van der Waals surface area contributed by atoms with Gasteiger partial charge in [0.05, 0.1) is 7.11 Å². The molecule has 0 spiro atoms. The van der Waals surface area contributed by atoms with Crippen LogP contribution < -0.4 is 9.64 Å². The number of hydrogen-bond donors (Lipinski definition) is 0. The van der Waals surface area contributed by atoms with Crippen LogP contribution in [0.15, 0.2) is 12.3 Å². The first-order valence-corrected chi connectivity index (χ1v) is 6.52. The van der Waals surface area contributed by atoms with Gasteiger partial charge >= 0.3 is 0 Å². The molecular formula is C13H20N4O2. The largest absolute Gasteiger partial charge is 0.481 e. The molecular weight excluding hydrogens is 244 g/mol. The minimum Gasteiger partial charge on any atom is -0.481 e. The smallest absolute Gasteiger partial charge is 0.228 e. The normalized spacial score (nSPS) is 15.8. The lowest BCUT2D eigenvalue weighted by atomic mass is 10.1. The van der Waals surface area contributed by atoms with Crippen molar-refractivity contribution in [1.82, 2.24) is 14.9 Å². The number of amides is 1. The highest BCUT2D eigenvalue weighted by Crippen LogP contribution is 2.15. The number of hydrogen-bond acceptors (Lipinski definition) is 5. The standard InChI is InChI=1S/C13H20N4O2/c1-10(2)12(18)16-6-8-17(9-7-16)13-14-5-4-11(15-13)19-3/h4-5,10H,6-9H2,1-3H3. The zero-order valence-electron chi connectivity index (χ0n) is 11.7. The molecule has 19 heavy (non-hydrogen) atoms. The number of carbonyl (C=O) groups is 1. The van der Waals surface area contributed by atoms with Gasteiger partial charge in [-0.3, -0.25) is 4.79 Å². The summed E-state index contributed by atoms with van der Waals surface area (Å²) in [6, 6.07) is 1.72. The highest BCUT2D eigenvalue weighted by atomic mass is 16.5.